The van der Waals surface area contributed by atoms with E-state index in [2.05, 4.69) is 13.2 Å². The van der Waals surface area contributed by atoms with Gasteiger partial charge in [-0.05, 0) is 0 Å². The molecule has 12 heteroatoms. The third-order valence-corrected chi connectivity index (χ3v) is 4.29. The molecule has 16 heavy (non-hydrogen) atoms. The van der Waals surface area contributed by atoms with Crippen molar-refractivity contribution in [2.75, 3.05) is 0 Å². The Balaban J connectivity index is -0.0000000800. The molecule has 0 saturated heterocycles. The predicted molar refractivity (Wildman–Crippen MR) is 36.8 cm³/mol. The van der Waals surface area contributed by atoms with Crippen molar-refractivity contribution in [3.8, 4) is 0 Å². The van der Waals surface area contributed by atoms with Crippen LogP contribution in [0, 0.1) is 0 Å². The molecule has 0 aliphatic rings. The Morgan fingerprint density at radius 2 is 0.750 bits per heavy atom. The van der Waals surface area contributed by atoms with Crippen molar-refractivity contribution in [2.45, 2.75) is 0 Å². The molecule has 0 aliphatic carbocycles. The van der Waals surface area contributed by atoms with E-state index in [0.717, 1.165) is 0 Å². The first kappa shape index (κ1) is 24.6. The molecule has 4 amide bonds. The van der Waals surface area contributed by atoms with Gasteiger partial charge in [-0.1, -0.05) is 0 Å². The van der Waals surface area contributed by atoms with E-state index in [-0.39, 0.29) is 9.41 Å². The van der Waals surface area contributed by atoms with Gasteiger partial charge in [-0.3, -0.25) is 0 Å². The zero-order chi connectivity index (χ0) is 11.1. The van der Waals surface area contributed by atoms with Gasteiger partial charge >= 0.3 is 105 Å². The molecule has 0 aromatic carbocycles. The van der Waals surface area contributed by atoms with Crippen molar-refractivity contribution in [3.63, 3.8) is 0 Å². The third-order valence-electron chi connectivity index (χ3n) is 0.524. The van der Waals surface area contributed by atoms with Gasteiger partial charge in [0, 0.05) is 0 Å². The van der Waals surface area contributed by atoms with E-state index in [1.165, 1.54) is 0 Å². The van der Waals surface area contributed by atoms with Crippen LogP contribution in [-0.4, -0.2) is 25.6 Å². The minimum Gasteiger partial charge on any atom is -1.00 e. The molecule has 0 atom stereocenters. The molecule has 0 aromatic rings. The molecule has 90 valence electrons. The van der Waals surface area contributed by atoms with Gasteiger partial charge in [0.15, 0.2) is 0 Å². The Hall–Kier alpha value is -0.520. The van der Waals surface area contributed by atoms with Gasteiger partial charge in [-0.15, -0.1) is 0 Å². The van der Waals surface area contributed by atoms with Gasteiger partial charge < -0.3 is 9.41 Å². The summed E-state index contributed by atoms with van der Waals surface area (Å²) >= 11 is -2.47. The Bertz CT molecular complexity index is 144. The van der Waals surface area contributed by atoms with Crippen LogP contribution in [0.2, 0.25) is 0 Å². The Kier molecular flexibility index (Phi) is 45.1. The van der Waals surface area contributed by atoms with Gasteiger partial charge in [-0.2, -0.15) is 0 Å². The second-order valence-corrected chi connectivity index (χ2v) is 7.24. The molecule has 0 heterocycles. The first-order valence-corrected chi connectivity index (χ1v) is 10.3. The van der Waals surface area contributed by atoms with Crippen LogP contribution >= 0.6 is 0 Å². The maximum absolute atomic E-state index is 9.46. The summed E-state index contributed by atoms with van der Waals surface area (Å²) in [4.78, 5) is 37.8. The van der Waals surface area contributed by atoms with Gasteiger partial charge in [-0.25, -0.2) is 0 Å². The van der Waals surface area contributed by atoms with E-state index in [1.807, 2.05) is 0 Å². The smallest absolute Gasteiger partial charge is 1.00 e. The molecule has 4 N–H and O–H groups in total. The average Bonchev–Trinajstić information content (AvgIpc) is 2.21. The number of hydrogen-bond acceptors (Lipinski definition) is 4. The number of nitrogens with one attached hydrogen (secondary N) is 4. The summed E-state index contributed by atoms with van der Waals surface area (Å²) in [7, 11) is 0. The van der Waals surface area contributed by atoms with Crippen LogP contribution in [0.5, 0.6) is 0 Å². The first-order valence-electron chi connectivity index (χ1n) is 3.10. The SMILES string of the molecule is O=C[NH][Hf+][NH]C=O.O=C[NH][Hf+][NH]C=O.[F-].[F-]. The first-order chi connectivity index (χ1) is 6.83. The molecule has 0 unspecified atom stereocenters. The fraction of sp³-hybridized carbons (Fsp3) is 0. The summed E-state index contributed by atoms with van der Waals surface area (Å²) < 4.78 is 9.68. The maximum Gasteiger partial charge on any atom is -1.00 e. The van der Waals surface area contributed by atoms with Crippen LogP contribution in [-0.2, 0) is 66.1 Å². The Morgan fingerprint density at radius 1 is 0.562 bits per heavy atom. The van der Waals surface area contributed by atoms with Crippen molar-refractivity contribution in [3.05, 3.63) is 0 Å². The molecular weight excluding hydrogens is 563 g/mol. The summed E-state index contributed by atoms with van der Waals surface area (Å²) in [5.74, 6) is 0. The average molecular weight is 571 g/mol. The molecule has 0 rings (SSSR count). The van der Waals surface area contributed by atoms with E-state index in [4.69, 9.17) is 0 Å². The molecule has 0 aliphatic heterocycles. The second kappa shape index (κ2) is 29.3. The Morgan fingerprint density at radius 3 is 0.875 bits per heavy atom. The van der Waals surface area contributed by atoms with E-state index in [0.29, 0.717) is 25.6 Å². The summed E-state index contributed by atoms with van der Waals surface area (Å²) in [6.45, 7) is 0. The van der Waals surface area contributed by atoms with Crippen LogP contribution in [0.25, 0.3) is 0 Å². The number of carbonyl (C=O) groups is 4. The summed E-state index contributed by atoms with van der Waals surface area (Å²) in [6.07, 6.45) is 2.39. The van der Waals surface area contributed by atoms with Gasteiger partial charge in [0.2, 0.25) is 0 Å². The van der Waals surface area contributed by atoms with Crippen molar-refractivity contribution < 1.29 is 75.6 Å². The van der Waals surface area contributed by atoms with E-state index >= 15 is 0 Å². The van der Waals surface area contributed by atoms with Crippen molar-refractivity contribution in [2.24, 2.45) is 0 Å². The van der Waals surface area contributed by atoms with Gasteiger partial charge in [0.1, 0.15) is 0 Å². The van der Waals surface area contributed by atoms with Crippen molar-refractivity contribution >= 4 is 25.6 Å². The number of halogens is 2. The minimum atomic E-state index is -1.24. The fourth-order valence-electron chi connectivity index (χ4n) is 0.201. The second-order valence-electron chi connectivity index (χ2n) is 1.30. The van der Waals surface area contributed by atoms with E-state index in [1.54, 1.807) is 0 Å². The summed E-state index contributed by atoms with van der Waals surface area (Å²) in [5.41, 5.74) is 0. The van der Waals surface area contributed by atoms with Gasteiger partial charge in [0.05, 0.1) is 0 Å². The normalized spacial score (nSPS) is 5.00. The van der Waals surface area contributed by atoms with Crippen LogP contribution in [0.1, 0.15) is 0 Å². The zero-order valence-electron chi connectivity index (χ0n) is 7.70. The number of rotatable bonds is 8. The minimum absolute atomic E-state index is 0. The molecule has 0 saturated carbocycles. The fourth-order valence-corrected chi connectivity index (χ4v) is 1.65. The van der Waals surface area contributed by atoms with Crippen LogP contribution in [0.3, 0.4) is 0 Å². The van der Waals surface area contributed by atoms with Crippen LogP contribution < -0.4 is 22.6 Å². The van der Waals surface area contributed by atoms with Crippen molar-refractivity contribution in [1.82, 2.24) is 13.2 Å². The van der Waals surface area contributed by atoms with Crippen LogP contribution in [0.15, 0.2) is 0 Å². The summed E-state index contributed by atoms with van der Waals surface area (Å²) in [6, 6.07) is 0. The number of hydrogen-bond donors (Lipinski definition) is 4. The molecule has 0 fully saturated rings. The topological polar surface area (TPSA) is 116 Å². The van der Waals surface area contributed by atoms with Crippen LogP contribution in [0.4, 0.5) is 0 Å². The van der Waals surface area contributed by atoms with Gasteiger partial charge in [0.25, 0.3) is 0 Å². The molecule has 0 aromatic heterocycles. The molecule has 8 nitrogen and oxygen atoms in total. The standard InChI is InChI=1S/4CH3NO.2FH.2Hf/c4*2-1-3;;;;/h4*1H,(H2,2,3);2*1H;;/q;;;;;;2*+3/p-6. The number of amides is 4. The predicted octanol–water partition coefficient (Wildman–Crippen LogP) is -9.21. The zero-order valence-corrected chi connectivity index (χ0v) is 14.9. The Labute approximate surface area is 114 Å². The number of carbonyl (C=O) groups excluding carboxylic acids is 4. The van der Waals surface area contributed by atoms with Crippen molar-refractivity contribution in [1.29, 1.82) is 0 Å². The molecule has 0 bridgehead atoms. The quantitative estimate of drug-likeness (QED) is 0.132. The van der Waals surface area contributed by atoms with E-state index < -0.39 is 47.0 Å². The molecule has 0 radical (unpaired) electrons. The maximum atomic E-state index is 9.46. The monoisotopic (exact) mass is 574 g/mol. The molecular formula is C4H8F2Hf2N4O4. The summed E-state index contributed by atoms with van der Waals surface area (Å²) in [5, 5.41) is 0. The largest absolute Gasteiger partial charge is 1.00 e. The molecule has 0 spiro atoms. The third kappa shape index (κ3) is 37.5. The van der Waals surface area contributed by atoms with E-state index in [9.17, 15) is 19.2 Å².